The van der Waals surface area contributed by atoms with Crippen LogP contribution in [0.2, 0.25) is 0 Å². The van der Waals surface area contributed by atoms with Gasteiger partial charge in [0.2, 0.25) is 11.8 Å². The lowest BCUT2D eigenvalue weighted by molar-refractivity contribution is -0.128. The van der Waals surface area contributed by atoms with E-state index in [0.717, 1.165) is 24.7 Å². The summed E-state index contributed by atoms with van der Waals surface area (Å²) in [5, 5.41) is 5.53. The number of fused-ring (bicyclic) bond motifs is 1. The molecule has 0 heterocycles. The van der Waals surface area contributed by atoms with Crippen molar-refractivity contribution in [3.05, 3.63) is 0 Å². The standard InChI is InChI=1S/C13H22N2O2/c1-8(2)6-14-12(16)7-15-13(17)11-4-9-3-10(9)5-11/h8-11H,3-7H2,1-2H3,(H,14,16)(H,15,17). The van der Waals surface area contributed by atoms with E-state index in [0.29, 0.717) is 12.5 Å². The molecule has 2 aliphatic carbocycles. The first-order chi connectivity index (χ1) is 8.06. The molecule has 2 aliphatic rings. The van der Waals surface area contributed by atoms with Gasteiger partial charge >= 0.3 is 0 Å². The Labute approximate surface area is 103 Å². The van der Waals surface area contributed by atoms with E-state index in [9.17, 15) is 9.59 Å². The summed E-state index contributed by atoms with van der Waals surface area (Å²) in [4.78, 5) is 23.2. The lowest BCUT2D eigenvalue weighted by Crippen LogP contribution is -2.40. The topological polar surface area (TPSA) is 58.2 Å². The molecule has 0 aliphatic heterocycles. The smallest absolute Gasteiger partial charge is 0.239 e. The molecule has 96 valence electrons. The second kappa shape index (κ2) is 5.07. The zero-order valence-electron chi connectivity index (χ0n) is 10.7. The van der Waals surface area contributed by atoms with Crippen LogP contribution in [0, 0.1) is 23.7 Å². The Bertz CT molecular complexity index is 305. The first-order valence-corrected chi connectivity index (χ1v) is 6.60. The van der Waals surface area contributed by atoms with Crippen LogP contribution in [0.5, 0.6) is 0 Å². The molecule has 2 N–H and O–H groups in total. The van der Waals surface area contributed by atoms with Crippen LogP contribution in [0.1, 0.15) is 33.1 Å². The van der Waals surface area contributed by atoms with E-state index < -0.39 is 0 Å². The zero-order chi connectivity index (χ0) is 12.4. The number of carbonyl (C=O) groups is 2. The fourth-order valence-electron chi connectivity index (χ4n) is 2.62. The second-order valence-corrected chi connectivity index (χ2v) is 5.84. The Kier molecular flexibility index (Phi) is 3.69. The number of carbonyl (C=O) groups excluding carboxylic acids is 2. The molecule has 2 unspecified atom stereocenters. The molecule has 0 bridgehead atoms. The molecule has 4 heteroatoms. The van der Waals surface area contributed by atoms with E-state index in [1.807, 2.05) is 13.8 Å². The molecular weight excluding hydrogens is 216 g/mol. The van der Waals surface area contributed by atoms with Crippen molar-refractivity contribution in [2.24, 2.45) is 23.7 Å². The van der Waals surface area contributed by atoms with Crippen LogP contribution in [-0.4, -0.2) is 24.9 Å². The third-order valence-corrected chi connectivity index (χ3v) is 3.75. The van der Waals surface area contributed by atoms with Crippen LogP contribution in [0.3, 0.4) is 0 Å². The summed E-state index contributed by atoms with van der Waals surface area (Å²) in [5.74, 6) is 2.20. The van der Waals surface area contributed by atoms with Crippen molar-refractivity contribution in [3.8, 4) is 0 Å². The van der Waals surface area contributed by atoms with Gasteiger partial charge in [0, 0.05) is 12.5 Å². The first-order valence-electron chi connectivity index (χ1n) is 6.60. The Balaban J connectivity index is 1.60. The summed E-state index contributed by atoms with van der Waals surface area (Å²) in [7, 11) is 0. The molecule has 2 amide bonds. The predicted octanol–water partition coefficient (Wildman–Crippen LogP) is 0.921. The highest BCUT2D eigenvalue weighted by atomic mass is 16.2. The molecule has 0 aromatic heterocycles. The monoisotopic (exact) mass is 238 g/mol. The maximum absolute atomic E-state index is 11.8. The maximum atomic E-state index is 11.8. The molecule has 2 saturated carbocycles. The van der Waals surface area contributed by atoms with Crippen molar-refractivity contribution in [1.29, 1.82) is 0 Å². The molecule has 0 saturated heterocycles. The highest BCUT2D eigenvalue weighted by Gasteiger charge is 2.47. The molecule has 0 radical (unpaired) electrons. The van der Waals surface area contributed by atoms with Crippen LogP contribution in [0.25, 0.3) is 0 Å². The average Bonchev–Trinajstić information content (AvgIpc) is 2.90. The van der Waals surface area contributed by atoms with E-state index in [1.54, 1.807) is 0 Å². The Morgan fingerprint density at radius 1 is 1.12 bits per heavy atom. The molecule has 2 atom stereocenters. The van der Waals surface area contributed by atoms with Crippen LogP contribution < -0.4 is 10.6 Å². The van der Waals surface area contributed by atoms with Gasteiger partial charge < -0.3 is 10.6 Å². The Morgan fingerprint density at radius 2 is 1.76 bits per heavy atom. The van der Waals surface area contributed by atoms with Gasteiger partial charge in [-0.1, -0.05) is 13.8 Å². The van der Waals surface area contributed by atoms with E-state index in [1.165, 1.54) is 6.42 Å². The van der Waals surface area contributed by atoms with Gasteiger partial charge in [-0.15, -0.1) is 0 Å². The molecule has 2 fully saturated rings. The molecule has 17 heavy (non-hydrogen) atoms. The second-order valence-electron chi connectivity index (χ2n) is 5.84. The van der Waals surface area contributed by atoms with Crippen molar-refractivity contribution in [3.63, 3.8) is 0 Å². The van der Waals surface area contributed by atoms with Crippen molar-refractivity contribution in [2.75, 3.05) is 13.1 Å². The van der Waals surface area contributed by atoms with Crippen molar-refractivity contribution in [2.45, 2.75) is 33.1 Å². The number of amides is 2. The summed E-state index contributed by atoms with van der Waals surface area (Å²) in [6, 6.07) is 0. The third-order valence-electron chi connectivity index (χ3n) is 3.75. The van der Waals surface area contributed by atoms with E-state index >= 15 is 0 Å². The van der Waals surface area contributed by atoms with Crippen LogP contribution >= 0.6 is 0 Å². The fraction of sp³-hybridized carbons (Fsp3) is 0.846. The zero-order valence-corrected chi connectivity index (χ0v) is 10.7. The lowest BCUT2D eigenvalue weighted by Gasteiger charge is -2.12. The van der Waals surface area contributed by atoms with Crippen molar-refractivity contribution >= 4 is 11.8 Å². The van der Waals surface area contributed by atoms with Gasteiger partial charge in [0.05, 0.1) is 6.54 Å². The van der Waals surface area contributed by atoms with E-state index in [-0.39, 0.29) is 24.3 Å². The molecule has 4 nitrogen and oxygen atoms in total. The Morgan fingerprint density at radius 3 is 2.35 bits per heavy atom. The minimum absolute atomic E-state index is 0.0666. The van der Waals surface area contributed by atoms with E-state index in [2.05, 4.69) is 10.6 Å². The summed E-state index contributed by atoms with van der Waals surface area (Å²) < 4.78 is 0. The van der Waals surface area contributed by atoms with Crippen LogP contribution in [0.4, 0.5) is 0 Å². The predicted molar refractivity (Wildman–Crippen MR) is 65.2 cm³/mol. The van der Waals surface area contributed by atoms with Gasteiger partial charge in [-0.3, -0.25) is 9.59 Å². The number of nitrogens with one attached hydrogen (secondary N) is 2. The quantitative estimate of drug-likeness (QED) is 0.748. The molecule has 2 rings (SSSR count). The Hall–Kier alpha value is -1.06. The first kappa shape index (κ1) is 12.4. The summed E-state index contributed by atoms with van der Waals surface area (Å²) in [6.07, 6.45) is 3.38. The SMILES string of the molecule is CC(C)CNC(=O)CNC(=O)C1CC2CC2C1. The van der Waals surface area contributed by atoms with Gasteiger partial charge in [0.25, 0.3) is 0 Å². The maximum Gasteiger partial charge on any atom is 0.239 e. The molecular formula is C13H22N2O2. The highest BCUT2D eigenvalue weighted by Crippen LogP contribution is 2.54. The van der Waals surface area contributed by atoms with Crippen molar-refractivity contribution in [1.82, 2.24) is 10.6 Å². The average molecular weight is 238 g/mol. The summed E-state index contributed by atoms with van der Waals surface area (Å²) in [6.45, 7) is 4.88. The minimum atomic E-state index is -0.0878. The highest BCUT2D eigenvalue weighted by molar-refractivity contribution is 5.86. The number of hydrogen-bond acceptors (Lipinski definition) is 2. The van der Waals surface area contributed by atoms with Gasteiger partial charge in [-0.05, 0) is 37.0 Å². The van der Waals surface area contributed by atoms with E-state index in [4.69, 9.17) is 0 Å². The van der Waals surface area contributed by atoms with Gasteiger partial charge in [0.15, 0.2) is 0 Å². The molecule has 0 spiro atoms. The van der Waals surface area contributed by atoms with Crippen LogP contribution in [-0.2, 0) is 9.59 Å². The fourth-order valence-corrected chi connectivity index (χ4v) is 2.62. The summed E-state index contributed by atoms with van der Waals surface area (Å²) >= 11 is 0. The number of hydrogen-bond donors (Lipinski definition) is 2. The van der Waals surface area contributed by atoms with Gasteiger partial charge in [-0.2, -0.15) is 0 Å². The lowest BCUT2D eigenvalue weighted by atomic mass is 10.0. The van der Waals surface area contributed by atoms with Gasteiger partial charge in [0.1, 0.15) is 0 Å². The molecule has 0 aromatic carbocycles. The minimum Gasteiger partial charge on any atom is -0.354 e. The largest absolute Gasteiger partial charge is 0.354 e. The van der Waals surface area contributed by atoms with Crippen LogP contribution in [0.15, 0.2) is 0 Å². The number of rotatable bonds is 5. The van der Waals surface area contributed by atoms with Crippen molar-refractivity contribution < 1.29 is 9.59 Å². The summed E-state index contributed by atoms with van der Waals surface area (Å²) in [5.41, 5.74) is 0. The third kappa shape index (κ3) is 3.45. The normalized spacial score (nSPS) is 29.9. The molecule has 0 aromatic rings. The van der Waals surface area contributed by atoms with Gasteiger partial charge in [-0.25, -0.2) is 0 Å².